The lowest BCUT2D eigenvalue weighted by molar-refractivity contribution is -0.137. The van der Waals surface area contributed by atoms with Gasteiger partial charge in [-0.05, 0) is 67.1 Å². The minimum Gasteiger partial charge on any atom is -0.207 e. The second-order valence-electron chi connectivity index (χ2n) is 6.70. The molecule has 0 atom stereocenters. The van der Waals surface area contributed by atoms with Crippen LogP contribution < -0.4 is 0 Å². The van der Waals surface area contributed by atoms with E-state index in [4.69, 9.17) is 4.28 Å². The number of hydroxylamine groups is 2. The van der Waals surface area contributed by atoms with Gasteiger partial charge in [0.25, 0.3) is 0 Å². The van der Waals surface area contributed by atoms with Gasteiger partial charge in [-0.1, -0.05) is 12.1 Å². The lowest BCUT2D eigenvalue weighted by atomic mass is 9.99. The Kier molecular flexibility index (Phi) is 5.79. The quantitative estimate of drug-likeness (QED) is 0.659. The molecule has 0 spiro atoms. The van der Waals surface area contributed by atoms with Crippen LogP contribution in [0.4, 0.5) is 17.6 Å². The average Bonchev–Trinajstić information content (AvgIpc) is 2.57. The van der Waals surface area contributed by atoms with Gasteiger partial charge in [0.05, 0.1) is 10.5 Å². The fourth-order valence-electron chi connectivity index (χ4n) is 2.81. The number of hydrogen-bond donors (Lipinski definition) is 0. The molecule has 1 fully saturated rings. The average molecular weight is 417 g/mol. The first-order chi connectivity index (χ1) is 13.1. The highest BCUT2D eigenvalue weighted by Gasteiger charge is 2.31. The highest BCUT2D eigenvalue weighted by molar-refractivity contribution is 7.86. The molecule has 0 aromatic heterocycles. The van der Waals surface area contributed by atoms with Gasteiger partial charge in [0.2, 0.25) is 0 Å². The maximum atomic E-state index is 14.0. The van der Waals surface area contributed by atoms with Crippen LogP contribution in [0.5, 0.6) is 0 Å². The maximum absolute atomic E-state index is 14.0. The Morgan fingerprint density at radius 2 is 1.71 bits per heavy atom. The SMILES string of the molecule is Cc1ccc(S(=O)(=O)ON2CCC2)cc1CCc1ccc(C(F)(F)F)cc1F. The van der Waals surface area contributed by atoms with Crippen LogP contribution in [-0.4, -0.2) is 26.6 Å². The maximum Gasteiger partial charge on any atom is 0.416 e. The van der Waals surface area contributed by atoms with E-state index in [0.29, 0.717) is 24.7 Å². The topological polar surface area (TPSA) is 46.6 Å². The summed E-state index contributed by atoms with van der Waals surface area (Å²) in [6.45, 7) is 2.88. The molecular weight excluding hydrogens is 398 g/mol. The molecule has 0 N–H and O–H groups in total. The Bertz CT molecular complexity index is 970. The van der Waals surface area contributed by atoms with E-state index in [-0.39, 0.29) is 23.3 Å². The van der Waals surface area contributed by atoms with Gasteiger partial charge in [0.1, 0.15) is 5.82 Å². The monoisotopic (exact) mass is 417 g/mol. The molecule has 0 bridgehead atoms. The summed E-state index contributed by atoms with van der Waals surface area (Å²) in [5.74, 6) is -0.933. The van der Waals surface area contributed by atoms with Crippen molar-refractivity contribution in [2.24, 2.45) is 0 Å². The minimum absolute atomic E-state index is 0.00658. The van der Waals surface area contributed by atoms with Crippen molar-refractivity contribution in [3.63, 3.8) is 0 Å². The second kappa shape index (κ2) is 7.81. The van der Waals surface area contributed by atoms with E-state index >= 15 is 0 Å². The number of rotatable bonds is 6. The summed E-state index contributed by atoms with van der Waals surface area (Å²) in [6.07, 6.45) is -3.31. The number of alkyl halides is 3. The molecule has 3 rings (SSSR count). The van der Waals surface area contributed by atoms with Crippen molar-refractivity contribution in [3.8, 4) is 0 Å². The van der Waals surface area contributed by atoms with Crippen LogP contribution in [0.2, 0.25) is 0 Å². The van der Waals surface area contributed by atoms with E-state index in [0.717, 1.165) is 24.1 Å². The first-order valence-electron chi connectivity index (χ1n) is 8.71. The third-order valence-electron chi connectivity index (χ3n) is 4.67. The Morgan fingerprint density at radius 3 is 2.29 bits per heavy atom. The summed E-state index contributed by atoms with van der Waals surface area (Å²) in [4.78, 5) is -0.00658. The van der Waals surface area contributed by atoms with Gasteiger partial charge in [-0.2, -0.15) is 30.9 Å². The molecule has 2 aromatic carbocycles. The first-order valence-corrected chi connectivity index (χ1v) is 10.1. The summed E-state index contributed by atoms with van der Waals surface area (Å²) < 4.78 is 81.6. The molecule has 0 radical (unpaired) electrons. The fourth-order valence-corrected chi connectivity index (χ4v) is 3.85. The van der Waals surface area contributed by atoms with Crippen molar-refractivity contribution in [1.82, 2.24) is 5.06 Å². The molecule has 1 aliphatic rings. The van der Waals surface area contributed by atoms with Gasteiger partial charge in [-0.3, -0.25) is 0 Å². The van der Waals surface area contributed by atoms with Crippen LogP contribution in [0.3, 0.4) is 0 Å². The van der Waals surface area contributed by atoms with Crippen LogP contribution in [0, 0.1) is 12.7 Å². The fraction of sp³-hybridized carbons (Fsp3) is 0.368. The van der Waals surface area contributed by atoms with Gasteiger partial charge in [0.15, 0.2) is 0 Å². The molecule has 0 unspecified atom stereocenters. The van der Waals surface area contributed by atoms with Crippen LogP contribution in [-0.2, 0) is 33.4 Å². The Labute approximate surface area is 160 Å². The normalized spacial score (nSPS) is 15.5. The van der Waals surface area contributed by atoms with Gasteiger partial charge in [-0.25, -0.2) is 4.39 Å². The predicted molar refractivity (Wildman–Crippen MR) is 94.4 cm³/mol. The molecule has 152 valence electrons. The van der Waals surface area contributed by atoms with Crippen molar-refractivity contribution in [3.05, 3.63) is 64.5 Å². The molecule has 2 aromatic rings. The molecule has 0 aliphatic carbocycles. The minimum atomic E-state index is -4.60. The summed E-state index contributed by atoms with van der Waals surface area (Å²) >= 11 is 0. The lowest BCUT2D eigenvalue weighted by Crippen LogP contribution is -2.38. The molecule has 1 heterocycles. The first kappa shape index (κ1) is 20.8. The smallest absolute Gasteiger partial charge is 0.207 e. The molecule has 4 nitrogen and oxygen atoms in total. The van der Waals surface area contributed by atoms with Crippen LogP contribution in [0.15, 0.2) is 41.3 Å². The Hall–Kier alpha value is -1.97. The molecule has 0 amide bonds. The van der Waals surface area contributed by atoms with E-state index in [1.165, 1.54) is 17.2 Å². The van der Waals surface area contributed by atoms with Crippen molar-refractivity contribution in [2.75, 3.05) is 13.1 Å². The van der Waals surface area contributed by atoms with Crippen LogP contribution in [0.1, 0.15) is 28.7 Å². The van der Waals surface area contributed by atoms with Gasteiger partial charge in [0, 0.05) is 13.1 Å². The molecule has 9 heteroatoms. The van der Waals surface area contributed by atoms with E-state index in [1.807, 2.05) is 0 Å². The van der Waals surface area contributed by atoms with Crippen LogP contribution in [0.25, 0.3) is 0 Å². The van der Waals surface area contributed by atoms with Crippen molar-refractivity contribution in [1.29, 1.82) is 0 Å². The van der Waals surface area contributed by atoms with E-state index < -0.39 is 27.7 Å². The van der Waals surface area contributed by atoms with Crippen molar-refractivity contribution >= 4 is 10.1 Å². The molecule has 1 aliphatic heterocycles. The van der Waals surface area contributed by atoms with Crippen molar-refractivity contribution < 1.29 is 30.3 Å². The summed E-state index contributed by atoms with van der Waals surface area (Å²) in [5.41, 5.74) is 0.557. The molecule has 0 saturated carbocycles. The second-order valence-corrected chi connectivity index (χ2v) is 8.23. The zero-order valence-corrected chi connectivity index (χ0v) is 15.9. The third kappa shape index (κ3) is 4.71. The number of hydrogen-bond acceptors (Lipinski definition) is 4. The predicted octanol–water partition coefficient (Wildman–Crippen LogP) is 4.26. The zero-order valence-electron chi connectivity index (χ0n) is 15.1. The van der Waals surface area contributed by atoms with E-state index in [9.17, 15) is 26.0 Å². The zero-order chi connectivity index (χ0) is 20.5. The molecule has 28 heavy (non-hydrogen) atoms. The van der Waals surface area contributed by atoms with E-state index in [2.05, 4.69) is 0 Å². The summed E-state index contributed by atoms with van der Waals surface area (Å²) in [5, 5.41) is 1.35. The lowest BCUT2D eigenvalue weighted by Gasteiger charge is -2.28. The summed E-state index contributed by atoms with van der Waals surface area (Å²) in [7, 11) is -3.95. The standard InChI is InChI=1S/C19H19F4NO3S/c1-13-3-8-17(28(25,26)27-24-9-2-10-24)11-15(13)5-4-14-6-7-16(12-18(14)20)19(21,22)23/h3,6-8,11-12H,2,4-5,9-10H2,1H3. The highest BCUT2D eigenvalue weighted by atomic mass is 32.2. The van der Waals surface area contributed by atoms with E-state index in [1.54, 1.807) is 13.0 Å². The van der Waals surface area contributed by atoms with Gasteiger partial charge in [-0.15, -0.1) is 0 Å². The van der Waals surface area contributed by atoms with Crippen molar-refractivity contribution in [2.45, 2.75) is 37.3 Å². The number of nitrogens with zero attached hydrogens (tertiary/aromatic N) is 1. The Balaban J connectivity index is 1.76. The number of halogens is 4. The highest BCUT2D eigenvalue weighted by Crippen LogP contribution is 2.30. The number of aryl methyl sites for hydroxylation is 3. The largest absolute Gasteiger partial charge is 0.416 e. The molecule has 1 saturated heterocycles. The number of benzene rings is 2. The van der Waals surface area contributed by atoms with Gasteiger partial charge >= 0.3 is 16.3 Å². The summed E-state index contributed by atoms with van der Waals surface area (Å²) in [6, 6.07) is 6.96. The molecular formula is C19H19F4NO3S. The van der Waals surface area contributed by atoms with Crippen LogP contribution >= 0.6 is 0 Å². The Morgan fingerprint density at radius 1 is 1.04 bits per heavy atom. The van der Waals surface area contributed by atoms with Gasteiger partial charge < -0.3 is 0 Å². The third-order valence-corrected chi connectivity index (χ3v) is 5.91.